The summed E-state index contributed by atoms with van der Waals surface area (Å²) in [6.07, 6.45) is -0.715. The van der Waals surface area contributed by atoms with Crippen LogP contribution in [0.25, 0.3) is 11.0 Å². The van der Waals surface area contributed by atoms with Crippen molar-refractivity contribution in [1.29, 1.82) is 0 Å². The normalized spacial score (nSPS) is 11.6. The maximum atomic E-state index is 12.9. The Morgan fingerprint density at radius 3 is 2.00 bits per heavy atom. The van der Waals surface area contributed by atoms with E-state index in [1.807, 2.05) is 77.4 Å². The number of Topliss-reactive ketones (excluding diaryl/α,β-unsaturated/α-hetero) is 1. The van der Waals surface area contributed by atoms with E-state index in [0.717, 1.165) is 16.6 Å². The fourth-order valence-corrected chi connectivity index (χ4v) is 3.47. The van der Waals surface area contributed by atoms with Gasteiger partial charge in [-0.05, 0) is 17.7 Å². The highest BCUT2D eigenvalue weighted by Crippen LogP contribution is 2.16. The molecule has 1 aromatic heterocycles. The molecule has 0 atom stereocenters. The molecule has 6 heteroatoms. The largest absolute Gasteiger partial charge is 0.451 e. The molecule has 3 aromatic carbocycles. The highest BCUT2D eigenvalue weighted by atomic mass is 16.5. The van der Waals surface area contributed by atoms with E-state index in [0.29, 0.717) is 17.7 Å². The maximum absolute atomic E-state index is 12.9. The molecule has 0 spiro atoms. The van der Waals surface area contributed by atoms with Crippen molar-refractivity contribution < 1.29 is 14.3 Å². The molecule has 0 fully saturated rings. The first-order chi connectivity index (χ1) is 14.7. The van der Waals surface area contributed by atoms with E-state index in [4.69, 9.17) is 4.74 Å². The third kappa shape index (κ3) is 3.93. The summed E-state index contributed by atoms with van der Waals surface area (Å²) in [5.41, 5.74) is 3.73. The first-order valence-electron chi connectivity index (χ1n) is 9.60. The second-order valence-corrected chi connectivity index (χ2v) is 6.82. The van der Waals surface area contributed by atoms with Crippen LogP contribution in [0.2, 0.25) is 0 Å². The lowest BCUT2D eigenvalue weighted by Gasteiger charge is -2.07. The molecule has 4 aromatic rings. The molecule has 30 heavy (non-hydrogen) atoms. The number of rotatable bonds is 5. The van der Waals surface area contributed by atoms with Crippen LogP contribution in [-0.2, 0) is 17.8 Å². The summed E-state index contributed by atoms with van der Waals surface area (Å²) in [4.78, 5) is 29.2. The third-order valence-corrected chi connectivity index (χ3v) is 4.89. The van der Waals surface area contributed by atoms with Gasteiger partial charge in [-0.3, -0.25) is 4.79 Å². The van der Waals surface area contributed by atoms with Gasteiger partial charge in [0.25, 0.3) is 0 Å². The van der Waals surface area contributed by atoms with Gasteiger partial charge in [0.2, 0.25) is 5.62 Å². The van der Waals surface area contributed by atoms with Crippen molar-refractivity contribution in [3.05, 3.63) is 102 Å². The van der Waals surface area contributed by atoms with Crippen LogP contribution in [-0.4, -0.2) is 28.1 Å². The van der Waals surface area contributed by atoms with Gasteiger partial charge in [-0.1, -0.05) is 72.8 Å². The van der Waals surface area contributed by atoms with E-state index in [9.17, 15) is 9.59 Å². The van der Waals surface area contributed by atoms with Crippen molar-refractivity contribution >= 4 is 22.9 Å². The Hall–Kier alpha value is -3.93. The van der Waals surface area contributed by atoms with Crippen molar-refractivity contribution in [3.63, 3.8) is 0 Å². The Kier molecular flexibility index (Phi) is 5.57. The number of para-hydroxylation sites is 2. The van der Waals surface area contributed by atoms with Gasteiger partial charge < -0.3 is 13.9 Å². The topological polar surface area (TPSA) is 65.6 Å². The fraction of sp³-hybridized carbons (Fsp3) is 0.125. The minimum Gasteiger partial charge on any atom is -0.451 e. The number of carbonyl (C=O) groups is 2. The predicted octanol–water partition coefficient (Wildman–Crippen LogP) is 4.04. The molecular formula is C24H21N3O3. The van der Waals surface area contributed by atoms with Gasteiger partial charge in [0, 0.05) is 5.56 Å². The van der Waals surface area contributed by atoms with E-state index in [-0.39, 0.29) is 12.3 Å². The van der Waals surface area contributed by atoms with Crippen molar-refractivity contribution in [2.24, 2.45) is 4.99 Å². The molecule has 0 aliphatic carbocycles. The lowest BCUT2D eigenvalue weighted by Crippen LogP contribution is -2.30. The molecule has 1 amide bonds. The molecule has 0 radical (unpaired) electrons. The van der Waals surface area contributed by atoms with Gasteiger partial charge >= 0.3 is 6.09 Å². The molecule has 150 valence electrons. The summed E-state index contributed by atoms with van der Waals surface area (Å²) in [7, 11) is 1.29. The lowest BCUT2D eigenvalue weighted by atomic mass is 10.1. The van der Waals surface area contributed by atoms with Gasteiger partial charge in [0.05, 0.1) is 31.2 Å². The Morgan fingerprint density at radius 1 is 0.800 bits per heavy atom. The average Bonchev–Trinajstić information content (AvgIpc) is 3.07. The minimum atomic E-state index is -0.715. The zero-order valence-electron chi connectivity index (χ0n) is 16.6. The van der Waals surface area contributed by atoms with E-state index in [1.54, 1.807) is 16.7 Å². The van der Waals surface area contributed by atoms with E-state index in [2.05, 4.69) is 4.99 Å². The number of aromatic nitrogens is 2. The zero-order valence-corrected chi connectivity index (χ0v) is 16.6. The number of imidazole rings is 1. The predicted molar refractivity (Wildman–Crippen MR) is 114 cm³/mol. The molecule has 0 unspecified atom stereocenters. The minimum absolute atomic E-state index is 0.0577. The van der Waals surface area contributed by atoms with Crippen LogP contribution in [0.3, 0.4) is 0 Å². The van der Waals surface area contributed by atoms with Crippen molar-refractivity contribution in [1.82, 2.24) is 9.13 Å². The highest BCUT2D eigenvalue weighted by Gasteiger charge is 2.16. The Labute approximate surface area is 173 Å². The second kappa shape index (κ2) is 8.61. The Balaban J connectivity index is 1.90. The average molecular weight is 399 g/mol. The van der Waals surface area contributed by atoms with Crippen LogP contribution < -0.4 is 5.62 Å². The number of ketones is 1. The third-order valence-electron chi connectivity index (χ3n) is 4.89. The van der Waals surface area contributed by atoms with E-state index < -0.39 is 6.09 Å². The summed E-state index contributed by atoms with van der Waals surface area (Å²) in [6.45, 7) is 0.561. The number of hydrogen-bond acceptors (Lipinski definition) is 3. The molecule has 0 N–H and O–H groups in total. The summed E-state index contributed by atoms with van der Waals surface area (Å²) in [5.74, 6) is -0.0653. The number of ether oxygens (including phenoxy) is 1. The van der Waals surface area contributed by atoms with Crippen LogP contribution in [0, 0.1) is 0 Å². The lowest BCUT2D eigenvalue weighted by molar-refractivity contribution is 0.0971. The summed E-state index contributed by atoms with van der Waals surface area (Å²) in [6, 6.07) is 26.7. The number of nitrogens with zero attached hydrogens (tertiary/aromatic N) is 3. The maximum Gasteiger partial charge on any atom is 0.436 e. The molecule has 0 saturated carbocycles. The highest BCUT2D eigenvalue weighted by molar-refractivity contribution is 5.96. The second-order valence-electron chi connectivity index (χ2n) is 6.82. The Morgan fingerprint density at radius 2 is 1.37 bits per heavy atom. The number of carbonyl (C=O) groups excluding carboxylic acids is 2. The first-order valence-corrected chi connectivity index (χ1v) is 9.60. The van der Waals surface area contributed by atoms with Crippen LogP contribution in [0.4, 0.5) is 4.79 Å². The standard InChI is InChI=1S/C24H21N3O3/c1-30-24(29)25-23-26(16-18-10-4-2-5-11-18)20-14-8-9-15-21(20)27(23)17-22(28)19-12-6-3-7-13-19/h2-15H,16-17H2,1H3. The zero-order chi connectivity index (χ0) is 20.9. The van der Waals surface area contributed by atoms with Gasteiger partial charge in [-0.15, -0.1) is 4.99 Å². The fourth-order valence-electron chi connectivity index (χ4n) is 3.47. The smallest absolute Gasteiger partial charge is 0.436 e. The number of benzene rings is 3. The van der Waals surface area contributed by atoms with Crippen LogP contribution >= 0.6 is 0 Å². The van der Waals surface area contributed by atoms with Crippen LogP contribution in [0.1, 0.15) is 15.9 Å². The Bertz CT molecular complexity index is 1260. The molecular weight excluding hydrogens is 378 g/mol. The SMILES string of the molecule is COC(=O)N=c1n(CC(=O)c2ccccc2)c2ccccc2n1Cc1ccccc1. The summed E-state index contributed by atoms with van der Waals surface area (Å²) >= 11 is 0. The van der Waals surface area contributed by atoms with E-state index in [1.165, 1.54) is 7.11 Å². The number of fused-ring (bicyclic) bond motifs is 1. The summed E-state index contributed by atoms with van der Waals surface area (Å²) in [5, 5.41) is 0. The number of methoxy groups -OCH3 is 1. The molecule has 1 heterocycles. The van der Waals surface area contributed by atoms with Crippen molar-refractivity contribution in [2.75, 3.05) is 7.11 Å². The van der Waals surface area contributed by atoms with Crippen LogP contribution in [0.15, 0.2) is 89.9 Å². The van der Waals surface area contributed by atoms with E-state index >= 15 is 0 Å². The van der Waals surface area contributed by atoms with Crippen molar-refractivity contribution in [2.45, 2.75) is 13.1 Å². The molecule has 0 bridgehead atoms. The van der Waals surface area contributed by atoms with Gasteiger partial charge in [0.1, 0.15) is 0 Å². The molecule has 6 nitrogen and oxygen atoms in total. The first kappa shape index (κ1) is 19.4. The quantitative estimate of drug-likeness (QED) is 0.476. The molecule has 0 aliphatic rings. The molecule has 0 saturated heterocycles. The van der Waals surface area contributed by atoms with Gasteiger partial charge in [-0.2, -0.15) is 0 Å². The monoisotopic (exact) mass is 399 g/mol. The molecule has 4 rings (SSSR count). The summed E-state index contributed by atoms with van der Waals surface area (Å²) < 4.78 is 8.48. The van der Waals surface area contributed by atoms with Gasteiger partial charge in [0.15, 0.2) is 5.78 Å². The number of hydrogen-bond donors (Lipinski definition) is 0. The number of amides is 1. The van der Waals surface area contributed by atoms with Crippen molar-refractivity contribution in [3.8, 4) is 0 Å². The van der Waals surface area contributed by atoms with Gasteiger partial charge in [-0.25, -0.2) is 4.79 Å². The van der Waals surface area contributed by atoms with Crippen LogP contribution in [0.5, 0.6) is 0 Å². The molecule has 0 aliphatic heterocycles.